The summed E-state index contributed by atoms with van der Waals surface area (Å²) in [6.45, 7) is 6.74. The van der Waals surface area contributed by atoms with E-state index in [1.807, 2.05) is 13.8 Å². The van der Waals surface area contributed by atoms with Crippen molar-refractivity contribution < 1.29 is 18.8 Å². The van der Waals surface area contributed by atoms with E-state index in [4.69, 9.17) is 14.0 Å². The van der Waals surface area contributed by atoms with Crippen molar-refractivity contribution in [2.45, 2.75) is 32.7 Å². The summed E-state index contributed by atoms with van der Waals surface area (Å²) in [5.74, 6) is -0.761. The fourth-order valence-electron chi connectivity index (χ4n) is 1.30. The average molecular weight is 249 g/mol. The highest BCUT2D eigenvalue weighted by atomic mass is 28.3. The van der Waals surface area contributed by atoms with Gasteiger partial charge in [0, 0.05) is 19.8 Å². The molecule has 0 aliphatic carbocycles. The molecule has 96 valence electrons. The molecular weight excluding hydrogens is 226 g/mol. The third kappa shape index (κ3) is 10.1. The smallest absolute Gasteiger partial charge is 0.321 e. The molecule has 0 amide bonds. The van der Waals surface area contributed by atoms with Gasteiger partial charge < -0.3 is 19.3 Å². The minimum absolute atomic E-state index is 0.178. The van der Waals surface area contributed by atoms with Crippen LogP contribution in [0.1, 0.15) is 26.7 Å². The molecule has 0 rings (SSSR count). The molecule has 0 aromatic heterocycles. The second-order valence-electron chi connectivity index (χ2n) is 3.38. The molecule has 0 unspecified atom stereocenters. The predicted molar refractivity (Wildman–Crippen MR) is 64.9 cm³/mol. The summed E-state index contributed by atoms with van der Waals surface area (Å²) in [6, 6.07) is 0.974. The van der Waals surface area contributed by atoms with E-state index in [2.05, 4.69) is 5.32 Å². The molecule has 0 fully saturated rings. The molecule has 0 aromatic carbocycles. The van der Waals surface area contributed by atoms with E-state index in [9.17, 15) is 4.79 Å². The third-order valence-corrected chi connectivity index (χ3v) is 4.30. The molecule has 5 nitrogen and oxygen atoms in total. The van der Waals surface area contributed by atoms with E-state index in [-0.39, 0.29) is 6.42 Å². The summed E-state index contributed by atoms with van der Waals surface area (Å²) in [5.41, 5.74) is 0. The molecule has 0 heterocycles. The molecule has 0 aliphatic heterocycles. The lowest BCUT2D eigenvalue weighted by molar-refractivity contribution is -0.136. The van der Waals surface area contributed by atoms with Crippen molar-refractivity contribution in [1.29, 1.82) is 0 Å². The summed E-state index contributed by atoms with van der Waals surface area (Å²) < 4.78 is 11.0. The van der Waals surface area contributed by atoms with Crippen LogP contribution in [-0.4, -0.2) is 46.7 Å². The van der Waals surface area contributed by atoms with Crippen molar-refractivity contribution >= 4 is 15.3 Å². The highest BCUT2D eigenvalue weighted by molar-refractivity contribution is 6.44. The van der Waals surface area contributed by atoms with Gasteiger partial charge in [-0.15, -0.1) is 0 Å². The number of carboxylic acids is 1. The molecule has 16 heavy (non-hydrogen) atoms. The molecule has 0 atom stereocenters. The Labute approximate surface area is 99.0 Å². The van der Waals surface area contributed by atoms with Gasteiger partial charge in [0.05, 0.1) is 6.42 Å². The van der Waals surface area contributed by atoms with Crippen molar-refractivity contribution in [2.75, 3.05) is 26.3 Å². The zero-order chi connectivity index (χ0) is 12.2. The lowest BCUT2D eigenvalue weighted by atomic mass is 10.4. The quantitative estimate of drug-likeness (QED) is 0.417. The van der Waals surface area contributed by atoms with Crippen molar-refractivity contribution in [2.24, 2.45) is 0 Å². The Balaban J connectivity index is 3.35. The summed E-state index contributed by atoms with van der Waals surface area (Å²) >= 11 is 0. The molecule has 0 bridgehead atoms. The maximum atomic E-state index is 10.2. The molecule has 0 aromatic rings. The second kappa shape index (κ2) is 11.1. The normalized spacial score (nSPS) is 10.9. The number of carbonyl (C=O) groups is 1. The molecule has 0 saturated carbocycles. The van der Waals surface area contributed by atoms with Crippen LogP contribution < -0.4 is 5.32 Å². The topological polar surface area (TPSA) is 67.8 Å². The van der Waals surface area contributed by atoms with Crippen LogP contribution in [0, 0.1) is 0 Å². The summed E-state index contributed by atoms with van der Waals surface area (Å²) in [6.07, 6.45) is 1.16. The highest BCUT2D eigenvalue weighted by Crippen LogP contribution is 2.00. The van der Waals surface area contributed by atoms with Crippen molar-refractivity contribution in [3.63, 3.8) is 0 Å². The minimum atomic E-state index is -1.46. The summed E-state index contributed by atoms with van der Waals surface area (Å²) in [5, 5.41) is 11.5. The van der Waals surface area contributed by atoms with Crippen LogP contribution in [0.5, 0.6) is 0 Å². The van der Waals surface area contributed by atoms with Gasteiger partial charge in [-0.3, -0.25) is 4.79 Å². The van der Waals surface area contributed by atoms with Gasteiger partial charge in [0.25, 0.3) is 0 Å². The number of rotatable bonds is 11. The number of hydrogen-bond acceptors (Lipinski definition) is 4. The monoisotopic (exact) mass is 249 g/mol. The molecule has 6 heteroatoms. The summed E-state index contributed by atoms with van der Waals surface area (Å²) in [7, 11) is -1.46. The Kier molecular flexibility index (Phi) is 10.8. The van der Waals surface area contributed by atoms with Crippen molar-refractivity contribution in [3.8, 4) is 0 Å². The Hall–Kier alpha value is -0.433. The van der Waals surface area contributed by atoms with Gasteiger partial charge in [-0.2, -0.15) is 0 Å². The maximum Gasteiger partial charge on any atom is 0.321 e. The van der Waals surface area contributed by atoms with Crippen LogP contribution >= 0.6 is 0 Å². The van der Waals surface area contributed by atoms with E-state index in [1.54, 1.807) is 0 Å². The summed E-state index contributed by atoms with van der Waals surface area (Å²) in [4.78, 5) is 10.2. The Morgan fingerprint density at radius 1 is 1.25 bits per heavy atom. The lowest BCUT2D eigenvalue weighted by Gasteiger charge is -2.14. The molecule has 0 radical (unpaired) electrons. The predicted octanol–water partition coefficient (Wildman–Crippen LogP) is 0.734. The fraction of sp³-hybridized carbons (Fsp3) is 0.900. The van der Waals surface area contributed by atoms with E-state index < -0.39 is 15.3 Å². The van der Waals surface area contributed by atoms with E-state index in [0.717, 1.165) is 19.0 Å². The second-order valence-corrected chi connectivity index (χ2v) is 5.48. The van der Waals surface area contributed by atoms with E-state index in [1.165, 1.54) is 0 Å². The molecular formula is C10H23NO4Si. The number of nitrogens with one attached hydrogen (secondary N) is 1. The first-order valence-corrected chi connectivity index (χ1v) is 7.62. The van der Waals surface area contributed by atoms with Crippen LogP contribution in [0.15, 0.2) is 0 Å². The van der Waals surface area contributed by atoms with E-state index in [0.29, 0.717) is 19.8 Å². The highest BCUT2D eigenvalue weighted by Gasteiger charge is 2.10. The first-order valence-electron chi connectivity index (χ1n) is 5.86. The zero-order valence-electron chi connectivity index (χ0n) is 10.2. The van der Waals surface area contributed by atoms with Gasteiger partial charge in [0.15, 0.2) is 0 Å². The lowest BCUT2D eigenvalue weighted by Crippen LogP contribution is -2.25. The first kappa shape index (κ1) is 15.6. The standard InChI is InChI=1S/C10H23NO4Si/c1-3-14-16(15-4-2)9-5-7-11-8-6-10(12)13/h11,16H,3-9H2,1-2H3,(H,12,13). The van der Waals surface area contributed by atoms with Gasteiger partial charge in [-0.05, 0) is 32.9 Å². The van der Waals surface area contributed by atoms with Crippen molar-refractivity contribution in [1.82, 2.24) is 5.32 Å². The largest absolute Gasteiger partial charge is 0.481 e. The Bertz CT molecular complexity index is 174. The SMILES string of the molecule is CCO[SiH](CCCNCCC(=O)O)OCC. The van der Waals surface area contributed by atoms with Gasteiger partial charge in [0.1, 0.15) is 0 Å². The minimum Gasteiger partial charge on any atom is -0.481 e. The Morgan fingerprint density at radius 3 is 2.38 bits per heavy atom. The van der Waals surface area contributed by atoms with Crippen LogP contribution in [0.3, 0.4) is 0 Å². The maximum absolute atomic E-state index is 10.2. The van der Waals surface area contributed by atoms with Gasteiger partial charge >= 0.3 is 15.3 Å². The fourth-order valence-corrected chi connectivity index (χ4v) is 3.01. The number of aliphatic carboxylic acids is 1. The Morgan fingerprint density at radius 2 is 1.88 bits per heavy atom. The third-order valence-electron chi connectivity index (χ3n) is 2.01. The van der Waals surface area contributed by atoms with Gasteiger partial charge in [0.2, 0.25) is 0 Å². The number of hydrogen-bond donors (Lipinski definition) is 2. The average Bonchev–Trinajstić information content (AvgIpc) is 2.23. The molecule has 0 aliphatic rings. The van der Waals surface area contributed by atoms with Gasteiger partial charge in [-0.25, -0.2) is 0 Å². The molecule has 0 saturated heterocycles. The zero-order valence-corrected chi connectivity index (χ0v) is 11.4. The first-order chi connectivity index (χ1) is 7.70. The van der Waals surface area contributed by atoms with E-state index >= 15 is 0 Å². The van der Waals surface area contributed by atoms with Crippen LogP contribution in [0.4, 0.5) is 0 Å². The van der Waals surface area contributed by atoms with Crippen LogP contribution in [0.2, 0.25) is 6.04 Å². The number of carboxylic acid groups (broad SMARTS) is 1. The molecule has 2 N–H and O–H groups in total. The molecule has 0 spiro atoms. The van der Waals surface area contributed by atoms with Gasteiger partial charge in [-0.1, -0.05) is 0 Å². The van der Waals surface area contributed by atoms with Crippen molar-refractivity contribution in [3.05, 3.63) is 0 Å². The van der Waals surface area contributed by atoms with Crippen LogP contribution in [-0.2, 0) is 13.6 Å². The van der Waals surface area contributed by atoms with Crippen LogP contribution in [0.25, 0.3) is 0 Å².